The minimum absolute atomic E-state index is 0.344. The lowest BCUT2D eigenvalue weighted by molar-refractivity contribution is -0.137. The van der Waals surface area contributed by atoms with Crippen molar-refractivity contribution in [2.75, 3.05) is 6.61 Å². The van der Waals surface area contributed by atoms with Gasteiger partial charge in [-0.3, -0.25) is 0 Å². The Morgan fingerprint density at radius 1 is 1.60 bits per heavy atom. The number of carbonyl (C=O) groups excluding carboxylic acids is 1. The fourth-order valence-corrected chi connectivity index (χ4v) is 1.49. The summed E-state index contributed by atoms with van der Waals surface area (Å²) in [5.74, 6) is -0.344. The summed E-state index contributed by atoms with van der Waals surface area (Å²) < 4.78 is 4.88. The number of nitrogens with zero attached hydrogens (tertiary/aromatic N) is 1. The highest BCUT2D eigenvalue weighted by Gasteiger charge is 2.12. The monoisotopic (exact) mass is 227 g/mol. The van der Waals surface area contributed by atoms with E-state index in [0.717, 1.165) is 12.0 Å². The quantitative estimate of drug-likeness (QED) is 0.549. The first kappa shape index (κ1) is 12.0. The van der Waals surface area contributed by atoms with Gasteiger partial charge >= 0.3 is 5.97 Å². The second-order valence-corrected chi connectivity index (χ2v) is 3.45. The molecule has 82 valence electrons. The van der Waals surface area contributed by atoms with Gasteiger partial charge in [0.2, 0.25) is 0 Å². The Balaban J connectivity index is 2.79. The van der Waals surface area contributed by atoms with Gasteiger partial charge in [0.05, 0.1) is 12.2 Å². The van der Waals surface area contributed by atoms with Crippen molar-refractivity contribution in [2.24, 2.45) is 4.99 Å². The lowest BCUT2D eigenvalue weighted by Crippen LogP contribution is -2.08. The molecule has 1 rings (SSSR count). The van der Waals surface area contributed by atoms with Crippen molar-refractivity contribution in [2.45, 2.75) is 26.7 Å². The van der Waals surface area contributed by atoms with E-state index in [9.17, 15) is 4.79 Å². The second kappa shape index (κ2) is 5.71. The molecule has 1 aliphatic heterocycles. The van der Waals surface area contributed by atoms with Crippen molar-refractivity contribution in [3.05, 3.63) is 22.4 Å². The van der Waals surface area contributed by atoms with E-state index in [2.05, 4.69) is 4.99 Å². The van der Waals surface area contributed by atoms with Crippen molar-refractivity contribution in [3.63, 3.8) is 0 Å². The number of aliphatic imine (C=N–C) groups is 1. The zero-order valence-electron chi connectivity index (χ0n) is 8.92. The summed E-state index contributed by atoms with van der Waals surface area (Å²) in [5, 5.41) is 0.480. The highest BCUT2D eigenvalue weighted by molar-refractivity contribution is 6.30. The molecule has 0 N–H and O–H groups in total. The number of carbonyl (C=O) groups is 1. The predicted molar refractivity (Wildman–Crippen MR) is 61.0 cm³/mol. The summed E-state index contributed by atoms with van der Waals surface area (Å²) in [4.78, 5) is 15.4. The number of allylic oxidation sites excluding steroid dienone is 2. The second-order valence-electron chi connectivity index (χ2n) is 3.09. The summed E-state index contributed by atoms with van der Waals surface area (Å²) in [6.45, 7) is 4.15. The zero-order chi connectivity index (χ0) is 11.3. The van der Waals surface area contributed by atoms with E-state index < -0.39 is 0 Å². The largest absolute Gasteiger partial charge is 0.462 e. The third kappa shape index (κ3) is 3.20. The van der Waals surface area contributed by atoms with Gasteiger partial charge in [-0.1, -0.05) is 24.6 Å². The van der Waals surface area contributed by atoms with Crippen LogP contribution in [0.1, 0.15) is 26.7 Å². The molecule has 0 aromatic heterocycles. The normalized spacial score (nSPS) is 16.1. The van der Waals surface area contributed by atoms with Crippen LogP contribution in [0.25, 0.3) is 0 Å². The van der Waals surface area contributed by atoms with Crippen molar-refractivity contribution < 1.29 is 9.53 Å². The minimum Gasteiger partial charge on any atom is -0.462 e. The number of hydrogen-bond acceptors (Lipinski definition) is 3. The Morgan fingerprint density at radius 3 is 2.93 bits per heavy atom. The van der Waals surface area contributed by atoms with Crippen LogP contribution in [0.5, 0.6) is 0 Å². The maximum Gasteiger partial charge on any atom is 0.339 e. The van der Waals surface area contributed by atoms with Crippen LogP contribution in [0.15, 0.2) is 27.4 Å². The molecule has 15 heavy (non-hydrogen) atoms. The van der Waals surface area contributed by atoms with E-state index in [-0.39, 0.29) is 5.97 Å². The SMILES string of the molecule is CCOC(=O)C1=CCC(CC)=C(Cl)N=C1. The van der Waals surface area contributed by atoms with Gasteiger partial charge < -0.3 is 4.74 Å². The summed E-state index contributed by atoms with van der Waals surface area (Å²) in [6.07, 6.45) is 4.75. The highest BCUT2D eigenvalue weighted by Crippen LogP contribution is 2.21. The van der Waals surface area contributed by atoms with Crippen LogP contribution in [0.2, 0.25) is 0 Å². The Bertz CT molecular complexity index is 342. The van der Waals surface area contributed by atoms with Gasteiger partial charge in [-0.25, -0.2) is 9.79 Å². The van der Waals surface area contributed by atoms with E-state index in [1.54, 1.807) is 13.0 Å². The lowest BCUT2D eigenvalue weighted by Gasteiger charge is -2.00. The molecule has 0 saturated heterocycles. The van der Waals surface area contributed by atoms with E-state index in [0.29, 0.717) is 23.8 Å². The molecule has 0 unspecified atom stereocenters. The van der Waals surface area contributed by atoms with Crippen LogP contribution in [-0.2, 0) is 9.53 Å². The molecule has 3 nitrogen and oxygen atoms in total. The van der Waals surface area contributed by atoms with Crippen LogP contribution in [0, 0.1) is 0 Å². The Hall–Kier alpha value is -1.09. The molecule has 0 amide bonds. The molecule has 0 atom stereocenters. The summed E-state index contributed by atoms with van der Waals surface area (Å²) in [6, 6.07) is 0. The number of esters is 1. The molecular formula is C11H14ClNO2. The van der Waals surface area contributed by atoms with Crippen LogP contribution in [0.4, 0.5) is 0 Å². The van der Waals surface area contributed by atoms with Crippen LogP contribution in [0.3, 0.4) is 0 Å². The molecule has 4 heteroatoms. The van der Waals surface area contributed by atoms with Crippen molar-refractivity contribution in [1.82, 2.24) is 0 Å². The Labute approximate surface area is 94.5 Å². The van der Waals surface area contributed by atoms with E-state index >= 15 is 0 Å². The molecule has 1 heterocycles. The fraction of sp³-hybridized carbons (Fsp3) is 0.455. The highest BCUT2D eigenvalue weighted by atomic mass is 35.5. The molecule has 0 fully saturated rings. The molecular weight excluding hydrogens is 214 g/mol. The molecule has 0 bridgehead atoms. The average molecular weight is 228 g/mol. The Kier molecular flexibility index (Phi) is 4.56. The van der Waals surface area contributed by atoms with Gasteiger partial charge in [-0.15, -0.1) is 0 Å². The molecule has 0 aromatic carbocycles. The van der Waals surface area contributed by atoms with Gasteiger partial charge in [0.15, 0.2) is 0 Å². The van der Waals surface area contributed by atoms with E-state index in [1.807, 2.05) is 6.92 Å². The minimum atomic E-state index is -0.344. The molecule has 0 aliphatic carbocycles. The third-order valence-corrected chi connectivity index (χ3v) is 2.48. The molecule has 0 spiro atoms. The molecule has 0 saturated carbocycles. The van der Waals surface area contributed by atoms with Crippen molar-refractivity contribution in [3.8, 4) is 0 Å². The molecule has 1 aliphatic rings. The fourth-order valence-electron chi connectivity index (χ4n) is 1.23. The number of halogens is 1. The van der Waals surface area contributed by atoms with Gasteiger partial charge in [-0.2, -0.15) is 0 Å². The maximum absolute atomic E-state index is 11.4. The number of hydrogen-bond donors (Lipinski definition) is 0. The third-order valence-electron chi connectivity index (χ3n) is 2.12. The van der Waals surface area contributed by atoms with E-state index in [1.165, 1.54) is 6.21 Å². The summed E-state index contributed by atoms with van der Waals surface area (Å²) in [5.41, 5.74) is 1.51. The number of ether oxygens (including phenoxy) is 1. The first-order chi connectivity index (χ1) is 7.19. The zero-order valence-corrected chi connectivity index (χ0v) is 9.67. The van der Waals surface area contributed by atoms with Gasteiger partial charge in [0.25, 0.3) is 0 Å². The summed E-state index contributed by atoms with van der Waals surface area (Å²) in [7, 11) is 0. The van der Waals surface area contributed by atoms with Crippen LogP contribution >= 0.6 is 11.6 Å². The average Bonchev–Trinajstić information content (AvgIpc) is 2.40. The topological polar surface area (TPSA) is 38.7 Å². The predicted octanol–water partition coefficient (Wildman–Crippen LogP) is 2.81. The van der Waals surface area contributed by atoms with Gasteiger partial charge in [0, 0.05) is 6.21 Å². The van der Waals surface area contributed by atoms with Crippen LogP contribution < -0.4 is 0 Å². The van der Waals surface area contributed by atoms with Crippen molar-refractivity contribution >= 4 is 23.8 Å². The maximum atomic E-state index is 11.4. The molecule has 0 radical (unpaired) electrons. The van der Waals surface area contributed by atoms with Gasteiger partial charge in [-0.05, 0) is 25.3 Å². The standard InChI is InChI=1S/C11H14ClNO2/c1-3-8-5-6-9(7-13-10(8)12)11(14)15-4-2/h6-7H,3-5H2,1-2H3. The molecule has 0 aromatic rings. The van der Waals surface area contributed by atoms with Crippen molar-refractivity contribution in [1.29, 1.82) is 0 Å². The lowest BCUT2D eigenvalue weighted by atomic mass is 10.1. The van der Waals surface area contributed by atoms with E-state index in [4.69, 9.17) is 16.3 Å². The summed E-state index contributed by atoms with van der Waals surface area (Å²) >= 11 is 5.93. The first-order valence-electron chi connectivity index (χ1n) is 4.97. The van der Waals surface area contributed by atoms with Crippen LogP contribution in [-0.4, -0.2) is 18.8 Å². The Morgan fingerprint density at radius 2 is 2.33 bits per heavy atom. The smallest absolute Gasteiger partial charge is 0.339 e. The first-order valence-corrected chi connectivity index (χ1v) is 5.35. The number of rotatable bonds is 3. The van der Waals surface area contributed by atoms with Gasteiger partial charge in [0.1, 0.15) is 5.16 Å².